The van der Waals surface area contributed by atoms with Crippen LogP contribution in [0.1, 0.15) is 20.8 Å². The topological polar surface area (TPSA) is 80.3 Å². The Kier molecular flexibility index (Phi) is 5.62. The standard InChI is InChI=1S/C10H23NO4S2/c1-10(2,3)9(11-4)8-17(14,15)7-6-16(5,12)13/h9,11H,6-8H2,1-5H3. The van der Waals surface area contributed by atoms with E-state index in [1.165, 1.54) is 0 Å². The summed E-state index contributed by atoms with van der Waals surface area (Å²) in [6, 6.07) is -0.188. The fourth-order valence-electron chi connectivity index (χ4n) is 1.38. The third-order valence-electron chi connectivity index (χ3n) is 2.58. The molecular formula is C10H23NO4S2. The molecule has 0 aliphatic heterocycles. The largest absolute Gasteiger partial charge is 0.315 e. The van der Waals surface area contributed by atoms with E-state index in [1.54, 1.807) is 7.05 Å². The second-order valence-electron chi connectivity index (χ2n) is 5.45. The van der Waals surface area contributed by atoms with Crippen molar-refractivity contribution < 1.29 is 16.8 Å². The first-order valence-corrected chi connectivity index (χ1v) is 9.31. The molecule has 1 atom stereocenters. The van der Waals surface area contributed by atoms with Gasteiger partial charge in [-0.1, -0.05) is 20.8 Å². The van der Waals surface area contributed by atoms with Crippen LogP contribution in [0.15, 0.2) is 0 Å². The van der Waals surface area contributed by atoms with Crippen molar-refractivity contribution in [1.29, 1.82) is 0 Å². The molecule has 7 heteroatoms. The molecular weight excluding hydrogens is 262 g/mol. The maximum Gasteiger partial charge on any atom is 0.152 e. The smallest absolute Gasteiger partial charge is 0.152 e. The number of sulfone groups is 2. The van der Waals surface area contributed by atoms with Crippen LogP contribution in [0.3, 0.4) is 0 Å². The zero-order valence-electron chi connectivity index (χ0n) is 11.1. The number of nitrogens with one attached hydrogen (secondary N) is 1. The van der Waals surface area contributed by atoms with Gasteiger partial charge in [0.15, 0.2) is 9.84 Å². The van der Waals surface area contributed by atoms with Gasteiger partial charge in [-0.25, -0.2) is 16.8 Å². The molecule has 1 N–H and O–H groups in total. The highest BCUT2D eigenvalue weighted by Crippen LogP contribution is 2.20. The summed E-state index contributed by atoms with van der Waals surface area (Å²) in [5.74, 6) is -0.654. The molecule has 104 valence electrons. The predicted octanol–water partition coefficient (Wildman–Crippen LogP) is 0.0799. The average molecular weight is 285 g/mol. The van der Waals surface area contributed by atoms with Gasteiger partial charge in [0.25, 0.3) is 0 Å². The lowest BCUT2D eigenvalue weighted by molar-refractivity contribution is 0.302. The molecule has 0 fully saturated rings. The molecule has 1 unspecified atom stereocenters. The average Bonchev–Trinajstić information content (AvgIpc) is 2.08. The maximum atomic E-state index is 11.8. The van der Waals surface area contributed by atoms with E-state index in [0.717, 1.165) is 6.26 Å². The maximum absolute atomic E-state index is 11.8. The van der Waals surface area contributed by atoms with Crippen molar-refractivity contribution in [2.45, 2.75) is 26.8 Å². The Balaban J connectivity index is 4.65. The van der Waals surface area contributed by atoms with Crippen LogP contribution in [0.25, 0.3) is 0 Å². The first-order valence-electron chi connectivity index (χ1n) is 5.43. The SMILES string of the molecule is CNC(CS(=O)(=O)CCS(C)(=O)=O)C(C)(C)C. The summed E-state index contributed by atoms with van der Waals surface area (Å²) in [6.07, 6.45) is 1.04. The van der Waals surface area contributed by atoms with Gasteiger partial charge in [0.1, 0.15) is 9.84 Å². The van der Waals surface area contributed by atoms with Gasteiger partial charge >= 0.3 is 0 Å². The van der Waals surface area contributed by atoms with E-state index in [0.29, 0.717) is 0 Å². The van der Waals surface area contributed by atoms with Gasteiger partial charge in [-0.3, -0.25) is 0 Å². The Labute approximate surface area is 105 Å². The quantitative estimate of drug-likeness (QED) is 0.747. The van der Waals surface area contributed by atoms with E-state index in [4.69, 9.17) is 0 Å². The van der Waals surface area contributed by atoms with Gasteiger partial charge in [0, 0.05) is 12.3 Å². The van der Waals surface area contributed by atoms with Crippen molar-refractivity contribution in [2.24, 2.45) is 5.41 Å². The molecule has 0 bridgehead atoms. The van der Waals surface area contributed by atoms with Crippen molar-refractivity contribution in [3.05, 3.63) is 0 Å². The Bertz CT molecular complexity index is 431. The lowest BCUT2D eigenvalue weighted by Gasteiger charge is -2.30. The Morgan fingerprint density at radius 1 is 1.06 bits per heavy atom. The van der Waals surface area contributed by atoms with Gasteiger partial charge < -0.3 is 5.32 Å². The highest BCUT2D eigenvalue weighted by molar-refractivity contribution is 7.94. The van der Waals surface area contributed by atoms with Crippen LogP contribution in [-0.2, 0) is 19.7 Å². The zero-order chi connectivity index (χ0) is 13.9. The van der Waals surface area contributed by atoms with Gasteiger partial charge in [-0.05, 0) is 12.5 Å². The van der Waals surface area contributed by atoms with Crippen LogP contribution in [0.2, 0.25) is 0 Å². The van der Waals surface area contributed by atoms with Crippen LogP contribution in [0.4, 0.5) is 0 Å². The van der Waals surface area contributed by atoms with Crippen LogP contribution < -0.4 is 5.32 Å². The van der Waals surface area contributed by atoms with Gasteiger partial charge in [-0.2, -0.15) is 0 Å². The van der Waals surface area contributed by atoms with E-state index < -0.39 is 19.7 Å². The van der Waals surface area contributed by atoms with Gasteiger partial charge in [0.05, 0.1) is 17.3 Å². The Morgan fingerprint density at radius 2 is 1.53 bits per heavy atom. The summed E-state index contributed by atoms with van der Waals surface area (Å²) < 4.78 is 45.5. The first-order chi connectivity index (χ1) is 7.37. The van der Waals surface area contributed by atoms with Crippen LogP contribution in [0.5, 0.6) is 0 Å². The van der Waals surface area contributed by atoms with E-state index in [2.05, 4.69) is 5.32 Å². The number of hydrogen-bond acceptors (Lipinski definition) is 5. The normalized spacial score (nSPS) is 15.8. The molecule has 0 aromatic rings. The molecule has 0 aromatic carbocycles. The third-order valence-corrected chi connectivity index (χ3v) is 5.45. The molecule has 17 heavy (non-hydrogen) atoms. The van der Waals surface area contributed by atoms with Crippen molar-refractivity contribution >= 4 is 19.7 Å². The molecule has 0 rings (SSSR count). The summed E-state index contributed by atoms with van der Waals surface area (Å²) in [7, 11) is -4.88. The molecule has 0 saturated heterocycles. The molecule has 0 aromatic heterocycles. The lowest BCUT2D eigenvalue weighted by Crippen LogP contribution is -2.44. The molecule has 0 aliphatic carbocycles. The van der Waals surface area contributed by atoms with E-state index in [9.17, 15) is 16.8 Å². The zero-order valence-corrected chi connectivity index (χ0v) is 12.8. The highest BCUT2D eigenvalue weighted by Gasteiger charge is 2.28. The van der Waals surface area contributed by atoms with E-state index in [-0.39, 0.29) is 28.7 Å². The molecule has 0 spiro atoms. The second kappa shape index (κ2) is 5.67. The fourth-order valence-corrected chi connectivity index (χ4v) is 4.95. The number of rotatable bonds is 6. The van der Waals surface area contributed by atoms with E-state index in [1.807, 2.05) is 20.8 Å². The molecule has 0 aliphatic rings. The minimum Gasteiger partial charge on any atom is -0.315 e. The Morgan fingerprint density at radius 3 is 1.82 bits per heavy atom. The highest BCUT2D eigenvalue weighted by atomic mass is 32.2. The predicted molar refractivity (Wildman–Crippen MR) is 70.7 cm³/mol. The third kappa shape index (κ3) is 7.72. The van der Waals surface area contributed by atoms with Crippen LogP contribution >= 0.6 is 0 Å². The van der Waals surface area contributed by atoms with Crippen LogP contribution in [0, 0.1) is 5.41 Å². The summed E-state index contributed by atoms with van der Waals surface area (Å²) in [5.41, 5.74) is -0.188. The molecule has 0 radical (unpaired) electrons. The minimum atomic E-state index is -3.35. The fraction of sp³-hybridized carbons (Fsp3) is 1.00. The lowest BCUT2D eigenvalue weighted by atomic mass is 9.88. The molecule has 0 amide bonds. The number of hydrogen-bond donors (Lipinski definition) is 1. The van der Waals surface area contributed by atoms with Crippen LogP contribution in [-0.4, -0.2) is 53.4 Å². The van der Waals surface area contributed by atoms with Crippen molar-refractivity contribution in [3.8, 4) is 0 Å². The molecule has 5 nitrogen and oxygen atoms in total. The second-order valence-corrected chi connectivity index (χ2v) is 9.94. The van der Waals surface area contributed by atoms with Gasteiger partial charge in [-0.15, -0.1) is 0 Å². The van der Waals surface area contributed by atoms with Crippen molar-refractivity contribution in [3.63, 3.8) is 0 Å². The molecule has 0 saturated carbocycles. The monoisotopic (exact) mass is 285 g/mol. The van der Waals surface area contributed by atoms with Gasteiger partial charge in [0.2, 0.25) is 0 Å². The van der Waals surface area contributed by atoms with Crippen molar-refractivity contribution in [2.75, 3.05) is 30.6 Å². The molecule has 0 heterocycles. The summed E-state index contributed by atoms with van der Waals surface area (Å²) in [6.45, 7) is 5.83. The Hall–Kier alpha value is -0.140. The summed E-state index contributed by atoms with van der Waals surface area (Å²) in [5, 5.41) is 2.97. The first kappa shape index (κ1) is 16.9. The van der Waals surface area contributed by atoms with E-state index >= 15 is 0 Å². The summed E-state index contributed by atoms with van der Waals surface area (Å²) >= 11 is 0. The minimum absolute atomic E-state index is 0.0392. The summed E-state index contributed by atoms with van der Waals surface area (Å²) in [4.78, 5) is 0. The van der Waals surface area contributed by atoms with Crippen molar-refractivity contribution in [1.82, 2.24) is 5.32 Å².